The zero-order valence-electron chi connectivity index (χ0n) is 7.92. The van der Waals surface area contributed by atoms with E-state index in [0.29, 0.717) is 16.0 Å². The summed E-state index contributed by atoms with van der Waals surface area (Å²) in [6.45, 7) is 0. The van der Waals surface area contributed by atoms with E-state index in [1.165, 1.54) is 12.4 Å². The summed E-state index contributed by atoms with van der Waals surface area (Å²) in [6, 6.07) is 4.79. The number of anilines is 2. The van der Waals surface area contributed by atoms with Crippen molar-refractivity contribution in [3.63, 3.8) is 0 Å². The summed E-state index contributed by atoms with van der Waals surface area (Å²) in [6.07, 6.45) is 3.07. The molecule has 0 saturated carbocycles. The maximum absolute atomic E-state index is 13.5. The Hall–Kier alpha value is -0.760. The van der Waals surface area contributed by atoms with Gasteiger partial charge in [-0.2, -0.15) is 0 Å². The Morgan fingerprint density at radius 1 is 1.38 bits per heavy atom. The summed E-state index contributed by atoms with van der Waals surface area (Å²) in [5, 5.41) is 2.93. The quantitative estimate of drug-likeness (QED) is 0.790. The second-order valence-corrected chi connectivity index (χ2v) is 4.96. The van der Waals surface area contributed by atoms with Crippen LogP contribution < -0.4 is 5.32 Å². The van der Waals surface area contributed by atoms with Crippen LogP contribution in [0.15, 0.2) is 35.2 Å². The molecule has 0 aliphatic rings. The van der Waals surface area contributed by atoms with Crippen molar-refractivity contribution in [3.05, 3.63) is 44.6 Å². The van der Waals surface area contributed by atoms with Gasteiger partial charge in [0.05, 0.1) is 9.26 Å². The summed E-state index contributed by atoms with van der Waals surface area (Å²) in [7, 11) is 0. The Morgan fingerprint density at radius 3 is 2.88 bits per heavy atom. The van der Waals surface area contributed by atoms with Gasteiger partial charge in [0.25, 0.3) is 0 Å². The van der Waals surface area contributed by atoms with E-state index in [9.17, 15) is 4.39 Å². The van der Waals surface area contributed by atoms with E-state index in [1.807, 2.05) is 0 Å². The highest BCUT2D eigenvalue weighted by atomic mass is 127. The number of hydrogen-bond acceptors (Lipinski definition) is 3. The molecule has 1 aromatic carbocycles. The molecule has 0 spiro atoms. The number of halogens is 3. The molecule has 1 heterocycles. The lowest BCUT2D eigenvalue weighted by Crippen LogP contribution is -1.99. The average molecular weight is 394 g/mol. The van der Waals surface area contributed by atoms with E-state index in [1.54, 1.807) is 18.3 Å². The van der Waals surface area contributed by atoms with Crippen LogP contribution in [-0.2, 0) is 0 Å². The molecule has 2 aromatic rings. The topological polar surface area (TPSA) is 37.8 Å². The molecule has 0 radical (unpaired) electrons. The van der Waals surface area contributed by atoms with Gasteiger partial charge in [0.2, 0.25) is 0 Å². The first kappa shape index (κ1) is 11.7. The number of para-hydroxylation sites is 1. The van der Waals surface area contributed by atoms with Crippen molar-refractivity contribution >= 4 is 50.0 Å². The third-order valence-electron chi connectivity index (χ3n) is 1.87. The Labute approximate surface area is 114 Å². The molecule has 3 nitrogen and oxygen atoms in total. The van der Waals surface area contributed by atoms with Crippen LogP contribution in [0.3, 0.4) is 0 Å². The molecule has 0 aliphatic heterocycles. The lowest BCUT2D eigenvalue weighted by Gasteiger charge is -2.09. The third-order valence-corrected chi connectivity index (χ3v) is 3.32. The molecule has 0 amide bonds. The molecule has 0 aliphatic carbocycles. The van der Waals surface area contributed by atoms with Crippen molar-refractivity contribution in [1.82, 2.24) is 9.97 Å². The SMILES string of the molecule is Fc1cccc(Br)c1Nc1ncncc1I. The van der Waals surface area contributed by atoms with Crippen LogP contribution in [0, 0.1) is 9.39 Å². The van der Waals surface area contributed by atoms with E-state index in [4.69, 9.17) is 0 Å². The fourth-order valence-electron chi connectivity index (χ4n) is 1.14. The van der Waals surface area contributed by atoms with E-state index in [0.717, 1.165) is 3.57 Å². The lowest BCUT2D eigenvalue weighted by atomic mass is 10.3. The fraction of sp³-hybridized carbons (Fsp3) is 0. The first-order valence-corrected chi connectivity index (χ1v) is 6.22. The molecule has 1 N–H and O–H groups in total. The molecule has 1 aromatic heterocycles. The summed E-state index contributed by atoms with van der Waals surface area (Å²) < 4.78 is 15.0. The summed E-state index contributed by atoms with van der Waals surface area (Å²) in [5.74, 6) is 0.255. The van der Waals surface area contributed by atoms with Gasteiger partial charge in [0.15, 0.2) is 0 Å². The standard InChI is InChI=1S/C10H6BrFIN3/c11-6-2-1-3-7(12)9(6)16-10-8(13)4-14-5-15-10/h1-5H,(H,14,15,16). The number of aromatic nitrogens is 2. The number of benzene rings is 1. The van der Waals surface area contributed by atoms with Crippen molar-refractivity contribution in [2.45, 2.75) is 0 Å². The van der Waals surface area contributed by atoms with Gasteiger partial charge in [-0.15, -0.1) is 0 Å². The van der Waals surface area contributed by atoms with Crippen LogP contribution in [0.5, 0.6) is 0 Å². The number of hydrogen-bond donors (Lipinski definition) is 1. The predicted molar refractivity (Wildman–Crippen MR) is 72.1 cm³/mol. The highest BCUT2D eigenvalue weighted by Crippen LogP contribution is 2.28. The van der Waals surface area contributed by atoms with Crippen LogP contribution >= 0.6 is 38.5 Å². The van der Waals surface area contributed by atoms with Crippen molar-refractivity contribution in [2.24, 2.45) is 0 Å². The monoisotopic (exact) mass is 393 g/mol. The second kappa shape index (κ2) is 5.05. The Kier molecular flexibility index (Phi) is 3.70. The maximum atomic E-state index is 13.5. The van der Waals surface area contributed by atoms with Crippen molar-refractivity contribution < 1.29 is 4.39 Å². The molecule has 0 saturated heterocycles. The van der Waals surface area contributed by atoms with Crippen molar-refractivity contribution in [1.29, 1.82) is 0 Å². The fourth-order valence-corrected chi connectivity index (χ4v) is 2.02. The number of rotatable bonds is 2. The van der Waals surface area contributed by atoms with Gasteiger partial charge in [0.1, 0.15) is 18.0 Å². The van der Waals surface area contributed by atoms with Crippen molar-refractivity contribution in [3.8, 4) is 0 Å². The maximum Gasteiger partial charge on any atom is 0.147 e. The van der Waals surface area contributed by atoms with Gasteiger partial charge in [0, 0.05) is 10.7 Å². The summed E-state index contributed by atoms with van der Waals surface area (Å²) in [4.78, 5) is 7.91. The Bertz CT molecular complexity index is 501. The van der Waals surface area contributed by atoms with Crippen LogP contribution in [0.25, 0.3) is 0 Å². The van der Waals surface area contributed by atoms with Gasteiger partial charge >= 0.3 is 0 Å². The van der Waals surface area contributed by atoms with Crippen LogP contribution in [0.2, 0.25) is 0 Å². The minimum Gasteiger partial charge on any atom is -0.336 e. The van der Waals surface area contributed by atoms with Gasteiger partial charge in [-0.25, -0.2) is 14.4 Å². The van der Waals surface area contributed by atoms with E-state index in [-0.39, 0.29) is 5.82 Å². The molecule has 0 unspecified atom stereocenters. The van der Waals surface area contributed by atoms with Crippen molar-refractivity contribution in [2.75, 3.05) is 5.32 Å². The van der Waals surface area contributed by atoms with Crippen LogP contribution in [-0.4, -0.2) is 9.97 Å². The van der Waals surface area contributed by atoms with E-state index >= 15 is 0 Å². The van der Waals surface area contributed by atoms with Gasteiger partial charge < -0.3 is 5.32 Å². The smallest absolute Gasteiger partial charge is 0.147 e. The molecule has 0 atom stereocenters. The first-order valence-electron chi connectivity index (χ1n) is 4.35. The highest BCUT2D eigenvalue weighted by Gasteiger charge is 2.08. The molecule has 2 rings (SSSR count). The highest BCUT2D eigenvalue weighted by molar-refractivity contribution is 14.1. The molecular weight excluding hydrogens is 388 g/mol. The van der Waals surface area contributed by atoms with Gasteiger partial charge in [-0.3, -0.25) is 0 Å². The zero-order valence-corrected chi connectivity index (χ0v) is 11.7. The molecule has 0 fully saturated rings. The molecule has 16 heavy (non-hydrogen) atoms. The van der Waals surface area contributed by atoms with E-state index < -0.39 is 0 Å². The summed E-state index contributed by atoms with van der Waals surface area (Å²) >= 11 is 5.37. The van der Waals surface area contributed by atoms with Crippen LogP contribution in [0.1, 0.15) is 0 Å². The number of nitrogens with zero attached hydrogens (tertiary/aromatic N) is 2. The Morgan fingerprint density at radius 2 is 2.19 bits per heavy atom. The number of nitrogens with one attached hydrogen (secondary N) is 1. The first-order chi connectivity index (χ1) is 7.68. The molecule has 0 bridgehead atoms. The van der Waals surface area contributed by atoms with Gasteiger partial charge in [-0.05, 0) is 50.7 Å². The Balaban J connectivity index is 2.38. The third kappa shape index (κ3) is 2.49. The lowest BCUT2D eigenvalue weighted by molar-refractivity contribution is 0.631. The molecule has 6 heteroatoms. The van der Waals surface area contributed by atoms with E-state index in [2.05, 4.69) is 53.8 Å². The van der Waals surface area contributed by atoms with Gasteiger partial charge in [-0.1, -0.05) is 6.07 Å². The molecular formula is C10H6BrFIN3. The second-order valence-electron chi connectivity index (χ2n) is 2.94. The predicted octanol–water partition coefficient (Wildman–Crippen LogP) is 3.73. The molecule has 82 valence electrons. The van der Waals surface area contributed by atoms with Crippen LogP contribution in [0.4, 0.5) is 15.9 Å². The minimum absolute atomic E-state index is 0.330. The summed E-state index contributed by atoms with van der Waals surface area (Å²) in [5.41, 5.74) is 0.374. The largest absolute Gasteiger partial charge is 0.336 e. The minimum atomic E-state index is -0.330. The average Bonchev–Trinajstić information content (AvgIpc) is 2.26. The zero-order chi connectivity index (χ0) is 11.5. The normalized spacial score (nSPS) is 10.2.